The SMILES string of the molecule is COc1ccccc1Cc1cnc(C2CCCN(C(=O)Cn3c(=O)n(C)c4ccccc43)C2)o1. The first-order valence-corrected chi connectivity index (χ1v) is 11.5. The second-order valence-electron chi connectivity index (χ2n) is 8.75. The Morgan fingerprint density at radius 3 is 2.74 bits per heavy atom. The van der Waals surface area contributed by atoms with Crippen molar-refractivity contribution in [3.63, 3.8) is 0 Å². The standard InChI is InChI=1S/C26H28N4O4/c1-28-21-10-4-5-11-22(21)30(26(28)32)17-24(31)29-13-7-9-19(16-29)25-27-15-20(34-25)14-18-8-3-6-12-23(18)33-2/h3-6,8,10-12,15,19H,7,9,13-14,16-17H2,1-2H3. The molecule has 0 saturated carbocycles. The van der Waals surface area contributed by atoms with Crippen molar-refractivity contribution in [2.24, 2.45) is 7.05 Å². The normalized spacial score (nSPS) is 16.2. The van der Waals surface area contributed by atoms with Gasteiger partial charge in [-0.1, -0.05) is 30.3 Å². The molecule has 1 amide bonds. The summed E-state index contributed by atoms with van der Waals surface area (Å²) in [6, 6.07) is 15.4. The molecule has 0 aliphatic carbocycles. The fourth-order valence-corrected chi connectivity index (χ4v) is 4.79. The molecule has 1 aliphatic heterocycles. The smallest absolute Gasteiger partial charge is 0.329 e. The van der Waals surface area contributed by atoms with Crippen molar-refractivity contribution in [1.82, 2.24) is 19.0 Å². The number of carbonyl (C=O) groups excluding carboxylic acids is 1. The molecule has 0 spiro atoms. The molecule has 1 fully saturated rings. The highest BCUT2D eigenvalue weighted by molar-refractivity contribution is 5.81. The number of rotatable bonds is 6. The van der Waals surface area contributed by atoms with E-state index in [9.17, 15) is 9.59 Å². The number of imidazole rings is 1. The fraction of sp³-hybridized carbons (Fsp3) is 0.346. The summed E-state index contributed by atoms with van der Waals surface area (Å²) in [4.78, 5) is 32.2. The quantitative estimate of drug-likeness (QED) is 0.441. The number of benzene rings is 2. The number of amides is 1. The number of carbonyl (C=O) groups is 1. The lowest BCUT2D eigenvalue weighted by Gasteiger charge is -2.31. The van der Waals surface area contributed by atoms with Crippen molar-refractivity contribution in [3.05, 3.63) is 82.4 Å². The van der Waals surface area contributed by atoms with Gasteiger partial charge in [0.05, 0.1) is 30.3 Å². The summed E-state index contributed by atoms with van der Waals surface area (Å²) in [6.07, 6.45) is 4.13. The average molecular weight is 461 g/mol. The monoisotopic (exact) mass is 460 g/mol. The van der Waals surface area contributed by atoms with E-state index in [2.05, 4.69) is 4.98 Å². The third-order valence-corrected chi connectivity index (χ3v) is 6.60. The van der Waals surface area contributed by atoms with Gasteiger partial charge < -0.3 is 14.1 Å². The van der Waals surface area contributed by atoms with Crippen LogP contribution < -0.4 is 10.4 Å². The number of aromatic nitrogens is 3. The zero-order chi connectivity index (χ0) is 23.7. The van der Waals surface area contributed by atoms with Crippen LogP contribution >= 0.6 is 0 Å². The summed E-state index contributed by atoms with van der Waals surface area (Å²) in [6.45, 7) is 1.23. The van der Waals surface area contributed by atoms with Gasteiger partial charge in [-0.15, -0.1) is 0 Å². The van der Waals surface area contributed by atoms with Crippen molar-refractivity contribution in [2.75, 3.05) is 20.2 Å². The van der Waals surface area contributed by atoms with Gasteiger partial charge in [-0.25, -0.2) is 9.78 Å². The van der Waals surface area contributed by atoms with E-state index in [1.807, 2.05) is 53.4 Å². The molecule has 1 aliphatic rings. The molecule has 1 unspecified atom stereocenters. The molecule has 5 rings (SSSR count). The summed E-state index contributed by atoms with van der Waals surface area (Å²) in [5.41, 5.74) is 2.44. The van der Waals surface area contributed by atoms with Crippen LogP contribution in [-0.2, 0) is 24.8 Å². The Bertz CT molecular complexity index is 1380. The number of fused-ring (bicyclic) bond motifs is 1. The lowest BCUT2D eigenvalue weighted by Crippen LogP contribution is -2.42. The second kappa shape index (κ2) is 9.21. The number of methoxy groups -OCH3 is 1. The van der Waals surface area contributed by atoms with Crippen molar-refractivity contribution >= 4 is 16.9 Å². The highest BCUT2D eigenvalue weighted by Gasteiger charge is 2.28. The van der Waals surface area contributed by atoms with Crippen LogP contribution in [0, 0.1) is 0 Å². The molecular formula is C26H28N4O4. The van der Waals surface area contributed by atoms with E-state index in [1.54, 1.807) is 29.5 Å². The van der Waals surface area contributed by atoms with Crippen LogP contribution in [0.15, 0.2) is 63.9 Å². The van der Waals surface area contributed by atoms with E-state index in [4.69, 9.17) is 9.15 Å². The Morgan fingerprint density at radius 1 is 1.15 bits per heavy atom. The summed E-state index contributed by atoms with van der Waals surface area (Å²) < 4.78 is 14.7. The molecular weight excluding hydrogens is 432 g/mol. The minimum absolute atomic E-state index is 0.0253. The third kappa shape index (κ3) is 4.11. The van der Waals surface area contributed by atoms with E-state index < -0.39 is 0 Å². The molecule has 4 aromatic rings. The molecule has 8 nitrogen and oxygen atoms in total. The van der Waals surface area contributed by atoms with Crippen LogP contribution in [0.25, 0.3) is 11.0 Å². The lowest BCUT2D eigenvalue weighted by atomic mass is 9.98. The van der Waals surface area contributed by atoms with E-state index in [-0.39, 0.29) is 24.1 Å². The Balaban J connectivity index is 1.29. The van der Waals surface area contributed by atoms with Crippen molar-refractivity contribution in [3.8, 4) is 5.75 Å². The van der Waals surface area contributed by atoms with Gasteiger partial charge >= 0.3 is 5.69 Å². The molecule has 8 heteroatoms. The first-order chi connectivity index (χ1) is 16.5. The second-order valence-corrected chi connectivity index (χ2v) is 8.75. The predicted molar refractivity (Wildman–Crippen MR) is 128 cm³/mol. The minimum Gasteiger partial charge on any atom is -0.496 e. The summed E-state index contributed by atoms with van der Waals surface area (Å²) in [7, 11) is 3.39. The number of piperidine rings is 1. The number of ether oxygens (including phenoxy) is 1. The van der Waals surface area contributed by atoms with Gasteiger partial charge in [0.15, 0.2) is 5.89 Å². The highest BCUT2D eigenvalue weighted by Crippen LogP contribution is 2.28. The number of hydrogen-bond donors (Lipinski definition) is 0. The third-order valence-electron chi connectivity index (χ3n) is 6.60. The van der Waals surface area contributed by atoms with Gasteiger partial charge in [0.25, 0.3) is 0 Å². The average Bonchev–Trinajstić information content (AvgIpc) is 3.43. The van der Waals surface area contributed by atoms with E-state index in [0.717, 1.165) is 40.9 Å². The van der Waals surface area contributed by atoms with E-state index in [1.165, 1.54) is 0 Å². The zero-order valence-corrected chi connectivity index (χ0v) is 19.4. The lowest BCUT2D eigenvalue weighted by molar-refractivity contribution is -0.133. The van der Waals surface area contributed by atoms with Crippen LogP contribution in [-0.4, -0.2) is 45.1 Å². The van der Waals surface area contributed by atoms with E-state index in [0.29, 0.717) is 25.4 Å². The largest absolute Gasteiger partial charge is 0.496 e. The molecule has 0 radical (unpaired) electrons. The molecule has 176 valence electrons. The molecule has 2 aromatic carbocycles. The van der Waals surface area contributed by atoms with Crippen molar-refractivity contribution in [1.29, 1.82) is 0 Å². The van der Waals surface area contributed by atoms with Gasteiger partial charge in [-0.3, -0.25) is 13.9 Å². The number of aryl methyl sites for hydroxylation is 1. The van der Waals surface area contributed by atoms with E-state index >= 15 is 0 Å². The van der Waals surface area contributed by atoms with Gasteiger partial charge in [-0.05, 0) is 31.0 Å². The minimum atomic E-state index is -0.184. The number of nitrogens with zero attached hydrogens (tertiary/aromatic N) is 4. The van der Waals surface area contributed by atoms with Crippen LogP contribution in [0.1, 0.15) is 36.0 Å². The van der Waals surface area contributed by atoms with Gasteiger partial charge in [0.2, 0.25) is 5.91 Å². The zero-order valence-electron chi connectivity index (χ0n) is 19.4. The summed E-state index contributed by atoms with van der Waals surface area (Å²) >= 11 is 0. The van der Waals surface area contributed by atoms with Gasteiger partial charge in [0.1, 0.15) is 18.1 Å². The number of oxazole rings is 1. The fourth-order valence-electron chi connectivity index (χ4n) is 4.79. The van der Waals surface area contributed by atoms with Crippen LogP contribution in [0.5, 0.6) is 5.75 Å². The van der Waals surface area contributed by atoms with Crippen LogP contribution in [0.2, 0.25) is 0 Å². The maximum Gasteiger partial charge on any atom is 0.329 e. The molecule has 1 atom stereocenters. The van der Waals surface area contributed by atoms with Crippen LogP contribution in [0.4, 0.5) is 0 Å². The van der Waals surface area contributed by atoms with Crippen molar-refractivity contribution < 1.29 is 13.9 Å². The Kier molecular flexibility index (Phi) is 5.96. The number of likely N-dealkylation sites (tertiary alicyclic amines) is 1. The summed E-state index contributed by atoms with van der Waals surface area (Å²) in [5, 5.41) is 0. The number of hydrogen-bond acceptors (Lipinski definition) is 5. The van der Waals surface area contributed by atoms with Crippen molar-refractivity contribution in [2.45, 2.75) is 31.7 Å². The first-order valence-electron chi connectivity index (χ1n) is 11.5. The molecule has 34 heavy (non-hydrogen) atoms. The molecule has 0 N–H and O–H groups in total. The topological polar surface area (TPSA) is 82.5 Å². The Hall–Kier alpha value is -3.81. The predicted octanol–water partition coefficient (Wildman–Crippen LogP) is 3.33. The van der Waals surface area contributed by atoms with Gasteiger partial charge in [-0.2, -0.15) is 0 Å². The number of para-hydroxylation sites is 3. The Labute approximate surface area is 197 Å². The highest BCUT2D eigenvalue weighted by atomic mass is 16.5. The Morgan fingerprint density at radius 2 is 1.91 bits per heavy atom. The molecule has 3 heterocycles. The maximum atomic E-state index is 13.2. The van der Waals surface area contributed by atoms with Gasteiger partial charge in [0, 0.05) is 32.1 Å². The van der Waals surface area contributed by atoms with Crippen LogP contribution in [0.3, 0.4) is 0 Å². The molecule has 2 aromatic heterocycles. The molecule has 0 bridgehead atoms. The summed E-state index contributed by atoms with van der Waals surface area (Å²) in [5.74, 6) is 2.21. The molecule has 1 saturated heterocycles. The maximum absolute atomic E-state index is 13.2. The first kappa shape index (κ1) is 22.0.